The van der Waals surface area contributed by atoms with Crippen molar-refractivity contribution in [2.24, 2.45) is 17.6 Å². The number of nitrogens with two attached hydrogens (primary N) is 1. The number of fused-ring (bicyclic) bond motifs is 1. The maximum absolute atomic E-state index is 13.6. The van der Waals surface area contributed by atoms with Crippen LogP contribution < -0.4 is 11.1 Å². The normalized spacial score (nSPS) is 18.4. The summed E-state index contributed by atoms with van der Waals surface area (Å²) in [5.74, 6) is 0.607. The highest BCUT2D eigenvalue weighted by Gasteiger charge is 2.31. The number of aromatic amines is 1. The second-order valence-corrected chi connectivity index (χ2v) is 8.54. The molecule has 4 N–H and O–H groups in total. The topological polar surface area (TPSA) is 102 Å². The summed E-state index contributed by atoms with van der Waals surface area (Å²) in [6, 6.07) is 7.65. The summed E-state index contributed by atoms with van der Waals surface area (Å²) < 4.78 is 1.75. The van der Waals surface area contributed by atoms with Gasteiger partial charge in [0.05, 0.1) is 17.9 Å². The molecule has 7 heteroatoms. The van der Waals surface area contributed by atoms with Gasteiger partial charge in [0.1, 0.15) is 6.04 Å². The Morgan fingerprint density at radius 1 is 1.30 bits per heavy atom. The molecule has 1 aliphatic rings. The third kappa shape index (κ3) is 4.18. The fourth-order valence-corrected chi connectivity index (χ4v) is 4.35. The monoisotopic (exact) mass is 408 g/mol. The summed E-state index contributed by atoms with van der Waals surface area (Å²) in [7, 11) is 0. The van der Waals surface area contributed by atoms with E-state index in [4.69, 9.17) is 5.73 Å². The zero-order valence-electron chi connectivity index (χ0n) is 17.8. The number of piperidine rings is 1. The molecule has 0 amide bonds. The average molecular weight is 409 g/mol. The van der Waals surface area contributed by atoms with Gasteiger partial charge in [-0.15, -0.1) is 5.10 Å². The SMILES string of the molecule is CCC(C)C(N)c1cn([C@@H](Cc2c[nH]c3ccccc23)C(=O)C2CCNCC2)nn1. The number of nitrogens with one attached hydrogen (secondary N) is 2. The van der Waals surface area contributed by atoms with Crippen molar-refractivity contribution in [3.05, 3.63) is 47.9 Å². The largest absolute Gasteiger partial charge is 0.361 e. The number of hydrogen-bond acceptors (Lipinski definition) is 5. The number of carbonyl (C=O) groups is 1. The smallest absolute Gasteiger partial charge is 0.160 e. The van der Waals surface area contributed by atoms with Gasteiger partial charge in [0, 0.05) is 29.4 Å². The summed E-state index contributed by atoms with van der Waals surface area (Å²) in [6.07, 6.45) is 7.20. The van der Waals surface area contributed by atoms with Crippen LogP contribution >= 0.6 is 0 Å². The van der Waals surface area contributed by atoms with E-state index >= 15 is 0 Å². The Morgan fingerprint density at radius 3 is 2.83 bits per heavy atom. The molecule has 1 saturated heterocycles. The van der Waals surface area contributed by atoms with Crippen LogP contribution in [0.1, 0.15) is 56.5 Å². The van der Waals surface area contributed by atoms with Crippen molar-refractivity contribution in [1.29, 1.82) is 0 Å². The Balaban J connectivity index is 1.65. The van der Waals surface area contributed by atoms with Gasteiger partial charge in [-0.2, -0.15) is 0 Å². The number of aromatic nitrogens is 4. The van der Waals surface area contributed by atoms with Crippen molar-refractivity contribution in [2.45, 2.75) is 51.6 Å². The summed E-state index contributed by atoms with van der Waals surface area (Å²) >= 11 is 0. The zero-order valence-corrected chi connectivity index (χ0v) is 17.8. The number of H-pyrrole nitrogens is 1. The third-order valence-electron chi connectivity index (χ3n) is 6.60. The van der Waals surface area contributed by atoms with Crippen LogP contribution in [0.25, 0.3) is 10.9 Å². The number of carbonyl (C=O) groups excluding carboxylic acids is 1. The maximum Gasteiger partial charge on any atom is 0.160 e. The van der Waals surface area contributed by atoms with Crippen LogP contribution in [0.15, 0.2) is 36.7 Å². The van der Waals surface area contributed by atoms with Gasteiger partial charge in [-0.05, 0) is 43.5 Å². The number of nitrogens with zero attached hydrogens (tertiary/aromatic N) is 3. The van der Waals surface area contributed by atoms with E-state index in [9.17, 15) is 4.79 Å². The highest BCUT2D eigenvalue weighted by molar-refractivity contribution is 5.87. The minimum Gasteiger partial charge on any atom is -0.361 e. The lowest BCUT2D eigenvalue weighted by Gasteiger charge is -2.26. The molecule has 4 rings (SSSR count). The van der Waals surface area contributed by atoms with Gasteiger partial charge < -0.3 is 16.0 Å². The first-order valence-corrected chi connectivity index (χ1v) is 11.0. The minimum absolute atomic E-state index is 0.0531. The Kier molecular flexibility index (Phi) is 6.29. The molecule has 1 aliphatic heterocycles. The van der Waals surface area contributed by atoms with Gasteiger partial charge in [0.25, 0.3) is 0 Å². The molecule has 3 aromatic rings. The molecule has 1 fully saturated rings. The fourth-order valence-electron chi connectivity index (χ4n) is 4.35. The molecule has 2 aromatic heterocycles. The van der Waals surface area contributed by atoms with E-state index in [2.05, 4.69) is 46.6 Å². The summed E-state index contributed by atoms with van der Waals surface area (Å²) in [5.41, 5.74) is 9.34. The highest BCUT2D eigenvalue weighted by Crippen LogP contribution is 2.28. The van der Waals surface area contributed by atoms with E-state index < -0.39 is 0 Å². The summed E-state index contributed by atoms with van der Waals surface area (Å²) in [5, 5.41) is 13.2. The number of rotatable bonds is 8. The molecular weight excluding hydrogens is 376 g/mol. The molecule has 2 unspecified atom stereocenters. The van der Waals surface area contributed by atoms with Crippen LogP contribution in [-0.4, -0.2) is 38.9 Å². The van der Waals surface area contributed by atoms with Gasteiger partial charge in [0.2, 0.25) is 0 Å². The van der Waals surface area contributed by atoms with Crippen molar-refractivity contribution >= 4 is 16.7 Å². The number of ketones is 1. The Labute approximate surface area is 177 Å². The van der Waals surface area contributed by atoms with Crippen LogP contribution in [0.4, 0.5) is 0 Å². The Bertz CT molecular complexity index is 986. The maximum atomic E-state index is 13.6. The van der Waals surface area contributed by atoms with E-state index in [-0.39, 0.29) is 23.8 Å². The number of benzene rings is 1. The van der Waals surface area contributed by atoms with Crippen LogP contribution in [0.5, 0.6) is 0 Å². The van der Waals surface area contributed by atoms with Crippen LogP contribution in [0.3, 0.4) is 0 Å². The van der Waals surface area contributed by atoms with Gasteiger partial charge >= 0.3 is 0 Å². The molecule has 160 valence electrons. The molecule has 0 aliphatic carbocycles. The van der Waals surface area contributed by atoms with E-state index in [0.717, 1.165) is 54.5 Å². The highest BCUT2D eigenvalue weighted by atomic mass is 16.1. The first-order valence-electron chi connectivity index (χ1n) is 11.0. The lowest BCUT2D eigenvalue weighted by molar-refractivity contribution is -0.127. The molecule has 30 heavy (non-hydrogen) atoms. The summed E-state index contributed by atoms with van der Waals surface area (Å²) in [4.78, 5) is 16.9. The molecule has 3 heterocycles. The van der Waals surface area contributed by atoms with Crippen molar-refractivity contribution in [3.8, 4) is 0 Å². The van der Waals surface area contributed by atoms with E-state index in [0.29, 0.717) is 12.3 Å². The molecule has 0 spiro atoms. The lowest BCUT2D eigenvalue weighted by atomic mass is 9.87. The Morgan fingerprint density at radius 2 is 2.07 bits per heavy atom. The van der Waals surface area contributed by atoms with E-state index in [1.165, 1.54) is 0 Å². The summed E-state index contributed by atoms with van der Waals surface area (Å²) in [6.45, 7) is 6.01. The minimum atomic E-state index is -0.377. The predicted molar refractivity (Wildman–Crippen MR) is 118 cm³/mol. The second kappa shape index (κ2) is 9.10. The Hall–Kier alpha value is -2.51. The van der Waals surface area contributed by atoms with Crippen LogP contribution in [-0.2, 0) is 11.2 Å². The first-order chi connectivity index (χ1) is 14.6. The molecule has 3 atom stereocenters. The van der Waals surface area contributed by atoms with Gasteiger partial charge in [-0.25, -0.2) is 4.68 Å². The molecular formula is C23H32N6O. The van der Waals surface area contributed by atoms with Crippen molar-refractivity contribution < 1.29 is 4.79 Å². The predicted octanol–water partition coefficient (Wildman–Crippen LogP) is 3.16. The molecule has 0 saturated carbocycles. The molecule has 7 nitrogen and oxygen atoms in total. The standard InChI is InChI=1S/C23H32N6O/c1-3-15(2)22(24)20-14-29(28-27-20)21(23(30)16-8-10-25-11-9-16)12-17-13-26-19-7-5-4-6-18(17)19/h4-7,13-16,21-22,25-26H,3,8-12,24H2,1-2H3/t15?,21-,22?/m0/s1. The van der Waals surface area contributed by atoms with Gasteiger partial charge in [-0.3, -0.25) is 4.79 Å². The van der Waals surface area contributed by atoms with Crippen molar-refractivity contribution in [1.82, 2.24) is 25.3 Å². The average Bonchev–Trinajstić information content (AvgIpc) is 3.44. The second-order valence-electron chi connectivity index (χ2n) is 8.54. The van der Waals surface area contributed by atoms with E-state index in [1.54, 1.807) is 4.68 Å². The van der Waals surface area contributed by atoms with Crippen LogP contribution in [0.2, 0.25) is 0 Å². The number of hydrogen-bond donors (Lipinski definition) is 3. The van der Waals surface area contributed by atoms with Crippen molar-refractivity contribution in [3.63, 3.8) is 0 Å². The molecule has 0 bridgehead atoms. The van der Waals surface area contributed by atoms with Crippen molar-refractivity contribution in [2.75, 3.05) is 13.1 Å². The quantitative estimate of drug-likeness (QED) is 0.531. The molecule has 1 aromatic carbocycles. The van der Waals surface area contributed by atoms with Gasteiger partial charge in [0.15, 0.2) is 5.78 Å². The molecule has 0 radical (unpaired) electrons. The van der Waals surface area contributed by atoms with Crippen LogP contribution in [0, 0.1) is 11.8 Å². The first kappa shape index (κ1) is 20.8. The van der Waals surface area contributed by atoms with Gasteiger partial charge in [-0.1, -0.05) is 43.7 Å². The number of Topliss-reactive ketones (excluding diaryl/α,β-unsaturated/α-hetero) is 1. The third-order valence-corrected chi connectivity index (χ3v) is 6.60. The fraction of sp³-hybridized carbons (Fsp3) is 0.522. The number of para-hydroxylation sites is 1. The lowest BCUT2D eigenvalue weighted by Crippen LogP contribution is -2.36. The zero-order chi connectivity index (χ0) is 21.1. The van der Waals surface area contributed by atoms with E-state index in [1.807, 2.05) is 24.5 Å².